The number of sulfonamides is 1. The minimum Gasteiger partial charge on any atom is -0.266 e. The molecule has 0 aliphatic rings. The molecule has 8 nitrogen and oxygen atoms in total. The Bertz CT molecular complexity index is 1280. The molecule has 29 heavy (non-hydrogen) atoms. The molecular weight excluding hydrogens is 414 g/mol. The molecule has 0 bridgehead atoms. The maximum Gasteiger partial charge on any atom is 0.287 e. The van der Waals surface area contributed by atoms with Gasteiger partial charge in [0.05, 0.1) is 32.9 Å². The Morgan fingerprint density at radius 2 is 1.90 bits per heavy atom. The van der Waals surface area contributed by atoms with Gasteiger partial charge in [0.2, 0.25) is 0 Å². The number of nitriles is 1. The van der Waals surface area contributed by atoms with Gasteiger partial charge in [-0.1, -0.05) is 28.9 Å². The van der Waals surface area contributed by atoms with E-state index in [1.54, 1.807) is 45.0 Å². The number of aryl methyl sites for hydroxylation is 2. The van der Waals surface area contributed by atoms with Crippen LogP contribution in [0.5, 0.6) is 0 Å². The molecule has 2 aromatic carbocycles. The van der Waals surface area contributed by atoms with Crippen molar-refractivity contribution in [3.63, 3.8) is 0 Å². The van der Waals surface area contributed by atoms with Crippen LogP contribution in [0, 0.1) is 32.1 Å². The second-order valence-electron chi connectivity index (χ2n) is 6.42. The monoisotopic (exact) mass is 429 g/mol. The zero-order valence-corrected chi connectivity index (χ0v) is 17.3. The maximum absolute atomic E-state index is 12.7. The van der Waals surface area contributed by atoms with Crippen LogP contribution in [0.3, 0.4) is 0 Å². The van der Waals surface area contributed by atoms with Crippen molar-refractivity contribution in [2.24, 2.45) is 0 Å². The molecule has 0 spiro atoms. The van der Waals surface area contributed by atoms with E-state index in [0.717, 1.165) is 5.56 Å². The van der Waals surface area contributed by atoms with Crippen molar-refractivity contribution in [2.75, 3.05) is 0 Å². The highest BCUT2D eigenvalue weighted by Crippen LogP contribution is 2.23. The summed E-state index contributed by atoms with van der Waals surface area (Å²) in [6.45, 7) is 4.97. The largest absolute Gasteiger partial charge is 0.287 e. The summed E-state index contributed by atoms with van der Waals surface area (Å²) in [4.78, 5) is 12.6. The number of hydrogen-bond donors (Lipinski definition) is 1. The quantitative estimate of drug-likeness (QED) is 0.681. The summed E-state index contributed by atoms with van der Waals surface area (Å²) in [5, 5.41) is 16.9. The summed E-state index contributed by atoms with van der Waals surface area (Å²) in [7, 11) is -4.09. The zero-order valence-electron chi connectivity index (χ0n) is 15.8. The molecular formula is C19H16ClN5O3S. The molecule has 0 unspecified atom stereocenters. The highest BCUT2D eigenvalue weighted by molar-refractivity contribution is 7.90. The molecule has 148 valence electrons. The Morgan fingerprint density at radius 3 is 2.55 bits per heavy atom. The van der Waals surface area contributed by atoms with Gasteiger partial charge in [0.25, 0.3) is 15.9 Å². The number of halogens is 1. The van der Waals surface area contributed by atoms with E-state index in [-0.39, 0.29) is 15.6 Å². The van der Waals surface area contributed by atoms with Crippen LogP contribution in [0.15, 0.2) is 41.3 Å². The molecule has 10 heteroatoms. The lowest BCUT2D eigenvalue weighted by atomic mass is 10.2. The first kappa shape index (κ1) is 20.5. The number of carbonyl (C=O) groups excluding carboxylic acids is 1. The first-order chi connectivity index (χ1) is 13.6. The summed E-state index contributed by atoms with van der Waals surface area (Å²) < 4.78 is 28.7. The number of benzene rings is 2. The first-order valence-electron chi connectivity index (χ1n) is 8.41. The van der Waals surface area contributed by atoms with E-state index in [1.807, 2.05) is 10.8 Å². The van der Waals surface area contributed by atoms with Gasteiger partial charge in [-0.2, -0.15) is 5.26 Å². The van der Waals surface area contributed by atoms with E-state index in [1.165, 1.54) is 16.8 Å². The van der Waals surface area contributed by atoms with Crippen LogP contribution in [0.4, 0.5) is 0 Å². The Hall–Kier alpha value is -3.22. The SMILES string of the molecule is Cc1ccc(C)c(S(=O)(=O)NC(=O)c2nnn(-c3ccc(C#N)cc3Cl)c2C)c1. The fourth-order valence-electron chi connectivity index (χ4n) is 2.74. The molecule has 0 saturated heterocycles. The van der Waals surface area contributed by atoms with E-state index in [9.17, 15) is 13.2 Å². The number of rotatable bonds is 4. The van der Waals surface area contributed by atoms with Gasteiger partial charge in [0, 0.05) is 0 Å². The molecule has 1 N–H and O–H groups in total. The molecule has 0 atom stereocenters. The predicted octanol–water partition coefficient (Wildman–Crippen LogP) is 2.84. The number of nitrogens with zero attached hydrogens (tertiary/aromatic N) is 4. The fraction of sp³-hybridized carbons (Fsp3) is 0.158. The molecule has 3 rings (SSSR count). The van der Waals surface area contributed by atoms with Crippen LogP contribution < -0.4 is 4.72 Å². The summed E-state index contributed by atoms with van der Waals surface area (Å²) in [6.07, 6.45) is 0. The van der Waals surface area contributed by atoms with Gasteiger partial charge in [-0.05, 0) is 56.2 Å². The van der Waals surface area contributed by atoms with Crippen molar-refractivity contribution in [2.45, 2.75) is 25.7 Å². The van der Waals surface area contributed by atoms with Crippen LogP contribution in [-0.4, -0.2) is 29.3 Å². The number of nitrogens with one attached hydrogen (secondary N) is 1. The van der Waals surface area contributed by atoms with Crippen molar-refractivity contribution < 1.29 is 13.2 Å². The molecule has 3 aromatic rings. The lowest BCUT2D eigenvalue weighted by Crippen LogP contribution is -2.32. The van der Waals surface area contributed by atoms with Crippen LogP contribution in [0.2, 0.25) is 5.02 Å². The van der Waals surface area contributed by atoms with Gasteiger partial charge in [-0.25, -0.2) is 17.8 Å². The molecule has 1 heterocycles. The number of carbonyl (C=O) groups is 1. The van der Waals surface area contributed by atoms with E-state index >= 15 is 0 Å². The summed E-state index contributed by atoms with van der Waals surface area (Å²) in [5.41, 5.74) is 2.19. The third-order valence-electron chi connectivity index (χ3n) is 4.27. The van der Waals surface area contributed by atoms with Crippen molar-refractivity contribution in [1.29, 1.82) is 5.26 Å². The standard InChI is InChI=1S/C19H16ClN5O3S/c1-11-4-5-12(2)17(8-11)29(27,28)23-19(26)18-13(3)25(24-22-18)16-7-6-14(10-21)9-15(16)20/h4-9H,1-3H3,(H,23,26). The second kappa shape index (κ2) is 7.66. The molecule has 0 aliphatic carbocycles. The van der Waals surface area contributed by atoms with Gasteiger partial charge in [-0.15, -0.1) is 5.10 Å². The van der Waals surface area contributed by atoms with Gasteiger partial charge in [0.15, 0.2) is 5.69 Å². The molecule has 0 fully saturated rings. The van der Waals surface area contributed by atoms with E-state index in [2.05, 4.69) is 10.3 Å². The van der Waals surface area contributed by atoms with Crippen molar-refractivity contribution in [3.05, 3.63) is 69.5 Å². The number of aromatic nitrogens is 3. The third kappa shape index (κ3) is 3.99. The van der Waals surface area contributed by atoms with Crippen LogP contribution in [0.1, 0.15) is 32.9 Å². The number of amides is 1. The zero-order chi connectivity index (χ0) is 21.3. The Balaban J connectivity index is 1.94. The van der Waals surface area contributed by atoms with Crippen molar-refractivity contribution in [1.82, 2.24) is 19.7 Å². The van der Waals surface area contributed by atoms with Crippen LogP contribution in [-0.2, 0) is 10.0 Å². The Morgan fingerprint density at radius 1 is 1.17 bits per heavy atom. The maximum atomic E-state index is 12.7. The smallest absolute Gasteiger partial charge is 0.266 e. The average Bonchev–Trinajstić information content (AvgIpc) is 3.04. The van der Waals surface area contributed by atoms with Gasteiger partial charge in [-0.3, -0.25) is 4.79 Å². The fourth-order valence-corrected chi connectivity index (χ4v) is 4.28. The van der Waals surface area contributed by atoms with E-state index in [0.29, 0.717) is 22.5 Å². The van der Waals surface area contributed by atoms with Gasteiger partial charge < -0.3 is 0 Å². The lowest BCUT2D eigenvalue weighted by molar-refractivity contribution is 0.0976. The van der Waals surface area contributed by atoms with Crippen molar-refractivity contribution >= 4 is 27.5 Å². The minimum atomic E-state index is -4.09. The summed E-state index contributed by atoms with van der Waals surface area (Å²) in [6, 6.07) is 11.5. The molecule has 1 aromatic heterocycles. The summed E-state index contributed by atoms with van der Waals surface area (Å²) in [5.74, 6) is -0.903. The summed E-state index contributed by atoms with van der Waals surface area (Å²) >= 11 is 6.19. The van der Waals surface area contributed by atoms with Crippen LogP contribution >= 0.6 is 11.6 Å². The lowest BCUT2D eigenvalue weighted by Gasteiger charge is -2.10. The number of hydrogen-bond acceptors (Lipinski definition) is 6. The first-order valence-corrected chi connectivity index (χ1v) is 10.3. The van der Waals surface area contributed by atoms with E-state index in [4.69, 9.17) is 16.9 Å². The highest BCUT2D eigenvalue weighted by Gasteiger charge is 2.25. The second-order valence-corrected chi connectivity index (χ2v) is 8.47. The third-order valence-corrected chi connectivity index (χ3v) is 6.05. The predicted molar refractivity (Wildman–Crippen MR) is 106 cm³/mol. The van der Waals surface area contributed by atoms with E-state index < -0.39 is 15.9 Å². The van der Waals surface area contributed by atoms with Gasteiger partial charge >= 0.3 is 0 Å². The van der Waals surface area contributed by atoms with Crippen LogP contribution in [0.25, 0.3) is 5.69 Å². The van der Waals surface area contributed by atoms with Gasteiger partial charge in [0.1, 0.15) is 0 Å². The molecule has 0 saturated carbocycles. The normalized spacial score (nSPS) is 11.1. The Labute approximate surface area is 172 Å². The minimum absolute atomic E-state index is 0.0195. The molecule has 0 radical (unpaired) electrons. The molecule has 0 aliphatic heterocycles. The molecule has 1 amide bonds. The topological polar surface area (TPSA) is 118 Å². The Kier molecular flexibility index (Phi) is 5.42. The van der Waals surface area contributed by atoms with Crippen molar-refractivity contribution in [3.8, 4) is 11.8 Å². The average molecular weight is 430 g/mol. The highest BCUT2D eigenvalue weighted by atomic mass is 35.5.